The fourth-order valence-corrected chi connectivity index (χ4v) is 2.03. The highest BCUT2D eigenvalue weighted by molar-refractivity contribution is 9.10. The van der Waals surface area contributed by atoms with Gasteiger partial charge in [0.15, 0.2) is 0 Å². The van der Waals surface area contributed by atoms with Crippen molar-refractivity contribution in [3.05, 3.63) is 52.6 Å². The van der Waals surface area contributed by atoms with Crippen LogP contribution in [0.25, 0.3) is 0 Å². The number of hydrogen-bond acceptors (Lipinski definition) is 3. The van der Waals surface area contributed by atoms with Crippen LogP contribution in [0.4, 0.5) is 5.82 Å². The molecule has 0 saturated heterocycles. The zero-order valence-electron chi connectivity index (χ0n) is 11.1. The molecule has 1 aromatic heterocycles. The maximum atomic E-state index is 5.15. The van der Waals surface area contributed by atoms with E-state index in [-0.39, 0.29) is 0 Å². The summed E-state index contributed by atoms with van der Waals surface area (Å²) in [4.78, 5) is 6.53. The van der Waals surface area contributed by atoms with E-state index < -0.39 is 0 Å². The zero-order valence-corrected chi connectivity index (χ0v) is 12.7. The molecule has 0 amide bonds. The molecule has 2 aromatic rings. The first kappa shape index (κ1) is 13.9. The molecule has 100 valence electrons. The number of nitrogens with zero attached hydrogens (tertiary/aromatic N) is 2. The summed E-state index contributed by atoms with van der Waals surface area (Å²) in [5, 5.41) is 0. The lowest BCUT2D eigenvalue weighted by Crippen LogP contribution is -2.21. The van der Waals surface area contributed by atoms with Gasteiger partial charge in [-0.1, -0.05) is 12.1 Å². The molecule has 4 heteroatoms. The molecule has 0 atom stereocenters. The van der Waals surface area contributed by atoms with Gasteiger partial charge in [-0.25, -0.2) is 4.98 Å². The third-order valence-electron chi connectivity index (χ3n) is 3.00. The van der Waals surface area contributed by atoms with Crippen molar-refractivity contribution >= 4 is 21.7 Å². The van der Waals surface area contributed by atoms with E-state index in [0.717, 1.165) is 29.0 Å². The summed E-state index contributed by atoms with van der Waals surface area (Å²) in [6.45, 7) is 0.932. The van der Waals surface area contributed by atoms with E-state index in [9.17, 15) is 0 Å². The van der Waals surface area contributed by atoms with Crippen molar-refractivity contribution < 1.29 is 4.74 Å². The molecule has 0 fully saturated rings. The van der Waals surface area contributed by atoms with Crippen LogP contribution in [0, 0.1) is 0 Å². The number of likely N-dealkylation sites (N-methyl/N-ethyl adjacent to an activating group) is 1. The molecule has 0 saturated carbocycles. The van der Waals surface area contributed by atoms with Crippen LogP contribution in [0.5, 0.6) is 5.75 Å². The normalized spacial score (nSPS) is 10.3. The summed E-state index contributed by atoms with van der Waals surface area (Å²) in [5.74, 6) is 1.88. The lowest BCUT2D eigenvalue weighted by atomic mass is 10.1. The molecule has 0 aliphatic rings. The summed E-state index contributed by atoms with van der Waals surface area (Å²) in [7, 11) is 3.74. The predicted octanol–water partition coefficient (Wildman–Crippen LogP) is 3.53. The quantitative estimate of drug-likeness (QED) is 0.842. The van der Waals surface area contributed by atoms with Crippen LogP contribution < -0.4 is 9.64 Å². The molecular weight excluding hydrogens is 304 g/mol. The van der Waals surface area contributed by atoms with Gasteiger partial charge in [0.05, 0.1) is 7.11 Å². The highest BCUT2D eigenvalue weighted by atomic mass is 79.9. The Morgan fingerprint density at radius 2 is 1.89 bits per heavy atom. The van der Waals surface area contributed by atoms with Gasteiger partial charge in [0.2, 0.25) is 0 Å². The van der Waals surface area contributed by atoms with Gasteiger partial charge in [0, 0.05) is 24.3 Å². The van der Waals surface area contributed by atoms with Crippen molar-refractivity contribution in [1.82, 2.24) is 4.98 Å². The standard InChI is InChI=1S/C15H17BrN2O/c1-18(15-8-5-13(16)11-17-15)10-9-12-3-6-14(19-2)7-4-12/h3-8,11H,9-10H2,1-2H3. The first-order valence-electron chi connectivity index (χ1n) is 6.14. The lowest BCUT2D eigenvalue weighted by Gasteiger charge is -2.18. The number of halogens is 1. The number of benzene rings is 1. The fourth-order valence-electron chi connectivity index (χ4n) is 1.80. The first-order valence-corrected chi connectivity index (χ1v) is 6.94. The zero-order chi connectivity index (χ0) is 13.7. The van der Waals surface area contributed by atoms with Gasteiger partial charge in [0.25, 0.3) is 0 Å². The minimum Gasteiger partial charge on any atom is -0.497 e. The van der Waals surface area contributed by atoms with E-state index in [1.807, 2.05) is 30.5 Å². The second-order valence-corrected chi connectivity index (χ2v) is 5.27. The highest BCUT2D eigenvalue weighted by Gasteiger charge is 2.03. The van der Waals surface area contributed by atoms with Crippen molar-refractivity contribution in [3.8, 4) is 5.75 Å². The summed E-state index contributed by atoms with van der Waals surface area (Å²) in [6.07, 6.45) is 2.80. The van der Waals surface area contributed by atoms with Crippen LogP contribution in [0.2, 0.25) is 0 Å². The molecule has 1 aromatic carbocycles. The lowest BCUT2D eigenvalue weighted by molar-refractivity contribution is 0.414. The number of aromatic nitrogens is 1. The Labute approximate surface area is 122 Å². The number of anilines is 1. The van der Waals surface area contributed by atoms with Crippen molar-refractivity contribution in [3.63, 3.8) is 0 Å². The maximum Gasteiger partial charge on any atom is 0.128 e. The minimum atomic E-state index is 0.895. The Kier molecular flexibility index (Phi) is 4.80. The number of ether oxygens (including phenoxy) is 1. The highest BCUT2D eigenvalue weighted by Crippen LogP contribution is 2.15. The maximum absolute atomic E-state index is 5.15. The molecule has 2 rings (SSSR count). The molecular formula is C15H17BrN2O. The van der Waals surface area contributed by atoms with E-state index in [1.54, 1.807) is 7.11 Å². The molecule has 19 heavy (non-hydrogen) atoms. The van der Waals surface area contributed by atoms with Gasteiger partial charge < -0.3 is 9.64 Å². The summed E-state index contributed by atoms with van der Waals surface area (Å²) in [5.41, 5.74) is 1.30. The average Bonchev–Trinajstić information content (AvgIpc) is 2.46. The molecule has 3 nitrogen and oxygen atoms in total. The van der Waals surface area contributed by atoms with Crippen molar-refractivity contribution in [2.45, 2.75) is 6.42 Å². The van der Waals surface area contributed by atoms with Crippen LogP contribution in [0.15, 0.2) is 47.1 Å². The minimum absolute atomic E-state index is 0.895. The number of rotatable bonds is 5. The third-order valence-corrected chi connectivity index (χ3v) is 3.47. The monoisotopic (exact) mass is 320 g/mol. The fraction of sp³-hybridized carbons (Fsp3) is 0.267. The second kappa shape index (κ2) is 6.57. The van der Waals surface area contributed by atoms with Crippen LogP contribution in [-0.4, -0.2) is 25.7 Å². The summed E-state index contributed by atoms with van der Waals surface area (Å²) < 4.78 is 6.15. The van der Waals surface area contributed by atoms with Gasteiger partial charge in [-0.05, 0) is 52.2 Å². The third kappa shape index (κ3) is 3.96. The molecule has 0 unspecified atom stereocenters. The molecule has 0 spiro atoms. The molecule has 0 aliphatic carbocycles. The van der Waals surface area contributed by atoms with Crippen LogP contribution in [-0.2, 0) is 6.42 Å². The topological polar surface area (TPSA) is 25.4 Å². The van der Waals surface area contributed by atoms with Gasteiger partial charge in [-0.2, -0.15) is 0 Å². The van der Waals surface area contributed by atoms with Gasteiger partial charge >= 0.3 is 0 Å². The predicted molar refractivity (Wildman–Crippen MR) is 81.9 cm³/mol. The molecule has 0 aliphatic heterocycles. The Bertz CT molecular complexity index is 511. The van der Waals surface area contributed by atoms with Crippen LogP contribution in [0.3, 0.4) is 0 Å². The SMILES string of the molecule is COc1ccc(CCN(C)c2ccc(Br)cn2)cc1. The van der Waals surface area contributed by atoms with Crippen LogP contribution in [0.1, 0.15) is 5.56 Å². The molecule has 0 radical (unpaired) electrons. The Balaban J connectivity index is 1.92. The molecule has 1 heterocycles. The van der Waals surface area contributed by atoms with Gasteiger partial charge in [-0.15, -0.1) is 0 Å². The molecule has 0 N–H and O–H groups in total. The van der Waals surface area contributed by atoms with Gasteiger partial charge in [0.1, 0.15) is 11.6 Å². The van der Waals surface area contributed by atoms with Crippen molar-refractivity contribution in [1.29, 1.82) is 0 Å². The summed E-state index contributed by atoms with van der Waals surface area (Å²) >= 11 is 3.39. The second-order valence-electron chi connectivity index (χ2n) is 4.35. The van der Waals surface area contributed by atoms with Crippen molar-refractivity contribution in [2.24, 2.45) is 0 Å². The smallest absolute Gasteiger partial charge is 0.128 e. The average molecular weight is 321 g/mol. The Morgan fingerprint density at radius 3 is 2.47 bits per heavy atom. The van der Waals surface area contributed by atoms with Crippen molar-refractivity contribution in [2.75, 3.05) is 25.6 Å². The number of hydrogen-bond donors (Lipinski definition) is 0. The van der Waals surface area contributed by atoms with E-state index in [1.165, 1.54) is 5.56 Å². The molecule has 0 bridgehead atoms. The van der Waals surface area contributed by atoms with Crippen LogP contribution >= 0.6 is 15.9 Å². The largest absolute Gasteiger partial charge is 0.497 e. The van der Waals surface area contributed by atoms with E-state index in [0.29, 0.717) is 0 Å². The number of pyridine rings is 1. The van der Waals surface area contributed by atoms with Gasteiger partial charge in [-0.3, -0.25) is 0 Å². The Hall–Kier alpha value is -1.55. The number of methoxy groups -OCH3 is 1. The first-order chi connectivity index (χ1) is 9.19. The summed E-state index contributed by atoms with van der Waals surface area (Å²) in [6, 6.07) is 12.2. The van der Waals surface area contributed by atoms with E-state index in [4.69, 9.17) is 4.74 Å². The van der Waals surface area contributed by atoms with E-state index >= 15 is 0 Å². The Morgan fingerprint density at radius 1 is 1.16 bits per heavy atom. The van der Waals surface area contributed by atoms with E-state index in [2.05, 4.69) is 45.0 Å².